The first-order valence-electron chi connectivity index (χ1n) is 9.50. The molecular weight excluding hydrogens is 456 g/mol. The molecule has 0 saturated carbocycles. The monoisotopic (exact) mass is 480 g/mol. The van der Waals surface area contributed by atoms with Gasteiger partial charge in [0.25, 0.3) is 5.91 Å². The molecule has 1 aliphatic heterocycles. The van der Waals surface area contributed by atoms with Gasteiger partial charge in [-0.05, 0) is 58.1 Å². The van der Waals surface area contributed by atoms with Crippen molar-refractivity contribution in [2.75, 3.05) is 31.6 Å². The van der Waals surface area contributed by atoms with Crippen LogP contribution in [-0.4, -0.2) is 44.9 Å². The van der Waals surface area contributed by atoms with Gasteiger partial charge in [0, 0.05) is 28.8 Å². The lowest BCUT2D eigenvalue weighted by molar-refractivity contribution is 0.0730. The second kappa shape index (κ2) is 8.95. The van der Waals surface area contributed by atoms with E-state index in [0.29, 0.717) is 30.8 Å². The van der Waals surface area contributed by atoms with Gasteiger partial charge in [0.1, 0.15) is 0 Å². The predicted molar refractivity (Wildman–Crippen MR) is 117 cm³/mol. The normalized spacial score (nSPS) is 15.5. The lowest BCUT2D eigenvalue weighted by atomic mass is 9.98. The van der Waals surface area contributed by atoms with Gasteiger partial charge in [0.15, 0.2) is 0 Å². The molecular formula is C21H25BrN2O4S. The van der Waals surface area contributed by atoms with E-state index in [9.17, 15) is 13.2 Å². The predicted octanol–water partition coefficient (Wildman–Crippen LogP) is 4.15. The fourth-order valence-electron chi connectivity index (χ4n) is 3.30. The highest BCUT2D eigenvalue weighted by Gasteiger charge is 2.29. The molecule has 1 aliphatic rings. The summed E-state index contributed by atoms with van der Waals surface area (Å²) in [6.07, 6.45) is 0. The van der Waals surface area contributed by atoms with Gasteiger partial charge in [0.2, 0.25) is 10.0 Å². The Morgan fingerprint density at radius 1 is 1.17 bits per heavy atom. The fourth-order valence-corrected chi connectivity index (χ4v) is 5.65. The van der Waals surface area contributed by atoms with Crippen molar-refractivity contribution in [2.45, 2.75) is 31.6 Å². The quantitative estimate of drug-likeness (QED) is 0.696. The van der Waals surface area contributed by atoms with E-state index in [0.717, 1.165) is 16.8 Å². The van der Waals surface area contributed by atoms with Crippen LogP contribution < -0.4 is 5.32 Å². The second-order valence-electron chi connectivity index (χ2n) is 7.31. The van der Waals surface area contributed by atoms with Crippen LogP contribution in [0, 0.1) is 6.92 Å². The van der Waals surface area contributed by atoms with Crippen LogP contribution in [0.3, 0.4) is 0 Å². The average molecular weight is 481 g/mol. The topological polar surface area (TPSA) is 75.7 Å². The number of morpholine rings is 1. The van der Waals surface area contributed by atoms with Crippen LogP contribution in [0.4, 0.5) is 5.69 Å². The Morgan fingerprint density at radius 3 is 2.52 bits per heavy atom. The van der Waals surface area contributed by atoms with Gasteiger partial charge in [-0.25, -0.2) is 8.42 Å². The smallest absolute Gasteiger partial charge is 0.255 e. The maximum Gasteiger partial charge on any atom is 0.255 e. The lowest BCUT2D eigenvalue weighted by Gasteiger charge is -2.26. The van der Waals surface area contributed by atoms with E-state index in [4.69, 9.17) is 4.74 Å². The Morgan fingerprint density at radius 2 is 1.86 bits per heavy atom. The molecule has 1 fully saturated rings. The molecule has 1 saturated heterocycles. The molecule has 3 rings (SSSR count). The summed E-state index contributed by atoms with van der Waals surface area (Å²) in [6, 6.07) is 10.5. The molecule has 0 atom stereocenters. The van der Waals surface area contributed by atoms with E-state index in [1.54, 1.807) is 12.1 Å². The highest BCUT2D eigenvalue weighted by atomic mass is 79.9. The van der Waals surface area contributed by atoms with E-state index in [-0.39, 0.29) is 22.3 Å². The number of nitrogens with zero attached hydrogens (tertiary/aromatic N) is 1. The second-order valence-corrected chi connectivity index (χ2v) is 10.1. The number of hydrogen-bond donors (Lipinski definition) is 1. The first kappa shape index (κ1) is 22.0. The van der Waals surface area contributed by atoms with Gasteiger partial charge < -0.3 is 10.1 Å². The molecule has 0 aromatic heterocycles. The molecule has 8 heteroatoms. The molecule has 1 heterocycles. The number of anilines is 1. The van der Waals surface area contributed by atoms with Gasteiger partial charge in [-0.2, -0.15) is 4.31 Å². The van der Waals surface area contributed by atoms with Crippen molar-refractivity contribution in [1.82, 2.24) is 4.31 Å². The van der Waals surface area contributed by atoms with E-state index in [2.05, 4.69) is 35.1 Å². The molecule has 6 nitrogen and oxygen atoms in total. The van der Waals surface area contributed by atoms with Crippen LogP contribution in [0.1, 0.15) is 41.3 Å². The zero-order valence-corrected chi connectivity index (χ0v) is 19.1. The van der Waals surface area contributed by atoms with Crippen molar-refractivity contribution in [3.63, 3.8) is 0 Å². The number of rotatable bonds is 5. The first-order chi connectivity index (χ1) is 13.7. The summed E-state index contributed by atoms with van der Waals surface area (Å²) in [5, 5.41) is 2.97. The fraction of sp³-hybridized carbons (Fsp3) is 0.381. The van der Waals surface area contributed by atoms with Gasteiger partial charge in [-0.1, -0.05) is 32.0 Å². The minimum absolute atomic E-state index is 0.0842. The highest BCUT2D eigenvalue weighted by Crippen LogP contribution is 2.30. The summed E-state index contributed by atoms with van der Waals surface area (Å²) >= 11 is 3.32. The number of amides is 1. The maximum atomic E-state index is 13.0. The number of benzene rings is 2. The Labute approximate surface area is 180 Å². The van der Waals surface area contributed by atoms with Crippen molar-refractivity contribution in [3.05, 3.63) is 57.6 Å². The summed E-state index contributed by atoms with van der Waals surface area (Å²) < 4.78 is 33.2. The van der Waals surface area contributed by atoms with Crippen LogP contribution in [0.5, 0.6) is 0 Å². The van der Waals surface area contributed by atoms with Gasteiger partial charge in [-0.3, -0.25) is 4.79 Å². The Balaban J connectivity index is 1.93. The third kappa shape index (κ3) is 4.71. The van der Waals surface area contributed by atoms with Crippen molar-refractivity contribution >= 4 is 37.5 Å². The molecule has 0 bridgehead atoms. The summed E-state index contributed by atoms with van der Waals surface area (Å²) in [5.74, 6) is -0.0977. The Bertz CT molecular complexity index is 1020. The van der Waals surface area contributed by atoms with Crippen LogP contribution >= 0.6 is 15.9 Å². The van der Waals surface area contributed by atoms with Crippen molar-refractivity contribution in [3.8, 4) is 0 Å². The summed E-state index contributed by atoms with van der Waals surface area (Å²) in [4.78, 5) is 13.0. The number of hydrogen-bond acceptors (Lipinski definition) is 4. The van der Waals surface area contributed by atoms with Crippen molar-refractivity contribution in [2.24, 2.45) is 0 Å². The van der Waals surface area contributed by atoms with E-state index >= 15 is 0 Å². The number of carbonyl (C=O) groups is 1. The molecule has 29 heavy (non-hydrogen) atoms. The minimum Gasteiger partial charge on any atom is -0.379 e. The van der Waals surface area contributed by atoms with Crippen molar-refractivity contribution in [1.29, 1.82) is 0 Å². The molecule has 0 spiro atoms. The molecule has 0 radical (unpaired) electrons. The van der Waals surface area contributed by atoms with Crippen molar-refractivity contribution < 1.29 is 17.9 Å². The zero-order valence-electron chi connectivity index (χ0n) is 16.7. The SMILES string of the molecule is Cc1cccc(C(C)C)c1NC(=O)c1ccc(Br)c(S(=O)(=O)N2CCOCC2)c1. The Kier molecular flexibility index (Phi) is 6.78. The number of halogens is 1. The van der Waals surface area contributed by atoms with E-state index in [1.807, 2.05) is 25.1 Å². The number of ether oxygens (including phenoxy) is 1. The highest BCUT2D eigenvalue weighted by molar-refractivity contribution is 9.10. The molecule has 2 aromatic carbocycles. The summed E-state index contributed by atoms with van der Waals surface area (Å²) in [6.45, 7) is 7.40. The van der Waals surface area contributed by atoms with E-state index < -0.39 is 10.0 Å². The largest absolute Gasteiger partial charge is 0.379 e. The maximum absolute atomic E-state index is 13.0. The molecule has 2 aromatic rings. The number of aryl methyl sites for hydroxylation is 1. The summed E-state index contributed by atoms with van der Waals surface area (Å²) in [7, 11) is -3.72. The average Bonchev–Trinajstić information content (AvgIpc) is 2.70. The first-order valence-corrected chi connectivity index (χ1v) is 11.7. The third-order valence-corrected chi connectivity index (χ3v) is 7.84. The molecule has 156 valence electrons. The number of nitrogens with one attached hydrogen (secondary N) is 1. The van der Waals surface area contributed by atoms with Crippen LogP contribution in [0.2, 0.25) is 0 Å². The Hall–Kier alpha value is -1.74. The standard InChI is InChI=1S/C21H25BrN2O4S/c1-14(2)17-6-4-5-15(3)20(17)23-21(25)16-7-8-18(22)19(13-16)29(26,27)24-9-11-28-12-10-24/h4-8,13-14H,9-12H2,1-3H3,(H,23,25). The molecule has 1 amide bonds. The molecule has 1 N–H and O–H groups in total. The lowest BCUT2D eigenvalue weighted by Crippen LogP contribution is -2.40. The van der Waals surface area contributed by atoms with Crippen LogP contribution in [0.15, 0.2) is 45.8 Å². The third-order valence-electron chi connectivity index (χ3n) is 4.95. The van der Waals surface area contributed by atoms with Gasteiger partial charge in [-0.15, -0.1) is 0 Å². The van der Waals surface area contributed by atoms with E-state index in [1.165, 1.54) is 10.4 Å². The summed E-state index contributed by atoms with van der Waals surface area (Å²) in [5.41, 5.74) is 3.06. The number of sulfonamides is 1. The zero-order chi connectivity index (χ0) is 21.2. The molecule has 0 unspecified atom stereocenters. The van der Waals surface area contributed by atoms with Crippen LogP contribution in [0.25, 0.3) is 0 Å². The van der Waals surface area contributed by atoms with Crippen LogP contribution in [-0.2, 0) is 14.8 Å². The molecule has 0 aliphatic carbocycles. The van der Waals surface area contributed by atoms with Gasteiger partial charge >= 0.3 is 0 Å². The number of para-hydroxylation sites is 1. The minimum atomic E-state index is -3.72. The van der Waals surface area contributed by atoms with Gasteiger partial charge in [0.05, 0.1) is 18.1 Å². The number of carbonyl (C=O) groups excluding carboxylic acids is 1.